The van der Waals surface area contributed by atoms with Crippen LogP contribution in [0.2, 0.25) is 0 Å². The lowest BCUT2D eigenvalue weighted by Crippen LogP contribution is -2.42. The summed E-state index contributed by atoms with van der Waals surface area (Å²) in [6.07, 6.45) is 24.6. The third-order valence-electron chi connectivity index (χ3n) is 9.69. The van der Waals surface area contributed by atoms with E-state index in [1.807, 2.05) is 26.0 Å². The van der Waals surface area contributed by atoms with Crippen molar-refractivity contribution in [3.8, 4) is 0 Å². The van der Waals surface area contributed by atoms with E-state index in [0.717, 1.165) is 0 Å². The van der Waals surface area contributed by atoms with Gasteiger partial charge >= 0.3 is 11.9 Å². The van der Waals surface area contributed by atoms with Crippen molar-refractivity contribution in [1.29, 1.82) is 0 Å². The molecule has 310 valence electrons. The lowest BCUT2D eigenvalue weighted by Gasteiger charge is -2.36. The highest BCUT2D eigenvalue weighted by atomic mass is 16.6. The van der Waals surface area contributed by atoms with Crippen LogP contribution in [-0.4, -0.2) is 94.2 Å². The summed E-state index contributed by atoms with van der Waals surface area (Å²) in [5.74, 6) is -1.04. The predicted octanol–water partition coefficient (Wildman–Crippen LogP) is 6.86. The highest BCUT2D eigenvalue weighted by Crippen LogP contribution is 2.33. The Bertz CT molecular complexity index is 1810. The Kier molecular flexibility index (Phi) is 18.5. The zero-order chi connectivity index (χ0) is 42.0. The summed E-state index contributed by atoms with van der Waals surface area (Å²) in [5.41, 5.74) is -1.87. The SMILES string of the molecule is C/C=C/C(O)C(C)(C)C1C\C=C/C=C\C=C/C(OC)Cc2nc(co2)C(=O)OC(C(C)(C)C(O)/C=C/C)C/C=C/C(OC)C(O)/C=C\C=C\c2nc(co2)C(=O)O1. The number of oxazole rings is 2. The maximum absolute atomic E-state index is 13.4. The molecule has 3 rings (SSSR count). The van der Waals surface area contributed by atoms with Crippen molar-refractivity contribution in [1.82, 2.24) is 9.97 Å². The third-order valence-corrected chi connectivity index (χ3v) is 9.69. The minimum absolute atomic E-state index is 0.0337. The number of esters is 2. The standard InChI is InChI=1S/C44H58N2O11/c1-9-19-35(48)43(3,4)37-24-15-13-11-12-14-21-30(52-7)27-40-46-32(29-55-40)42(51)57-38(44(5,6)36(49)20-10-2)25-18-23-34(53-8)33(47)22-16-17-26-39-45-31(28-54-39)41(50)56-37/h9-23,26,28-30,33-38,47-49H,24-25,27H2,1-8H3/b12-11-,15-13-,19-9+,20-10+,21-14-,22-16-,23-18+,26-17+. The molecule has 0 amide bonds. The van der Waals surface area contributed by atoms with Crippen LogP contribution in [0.4, 0.5) is 0 Å². The summed E-state index contributed by atoms with van der Waals surface area (Å²) in [6, 6.07) is 0. The minimum atomic E-state index is -1.07. The zero-order valence-corrected chi connectivity index (χ0v) is 34.1. The predicted molar refractivity (Wildman–Crippen MR) is 216 cm³/mol. The van der Waals surface area contributed by atoms with Crippen molar-refractivity contribution >= 4 is 18.0 Å². The van der Waals surface area contributed by atoms with Gasteiger partial charge in [0.1, 0.15) is 36.9 Å². The highest BCUT2D eigenvalue weighted by Gasteiger charge is 2.39. The number of carbonyl (C=O) groups excluding carboxylic acids is 2. The van der Waals surface area contributed by atoms with Gasteiger partial charge in [-0.1, -0.05) is 119 Å². The zero-order valence-electron chi connectivity index (χ0n) is 34.1. The van der Waals surface area contributed by atoms with Gasteiger partial charge in [-0.05, 0) is 13.8 Å². The molecule has 0 saturated heterocycles. The molecule has 0 fully saturated rings. The molecule has 3 N–H and O–H groups in total. The molecule has 0 aliphatic carbocycles. The molecule has 3 heterocycles. The lowest BCUT2D eigenvalue weighted by atomic mass is 9.79. The molecule has 1 aliphatic rings. The number of nitrogens with zero attached hydrogens (tertiary/aromatic N) is 2. The fraction of sp³-hybridized carbons (Fsp3) is 0.455. The summed E-state index contributed by atoms with van der Waals surface area (Å²) in [7, 11) is 2.99. The van der Waals surface area contributed by atoms with Crippen LogP contribution in [0.3, 0.4) is 0 Å². The molecule has 0 spiro atoms. The van der Waals surface area contributed by atoms with E-state index in [9.17, 15) is 24.9 Å². The number of allylic oxidation sites excluding steroid dienone is 8. The van der Waals surface area contributed by atoms with Gasteiger partial charge in [-0.25, -0.2) is 19.6 Å². The van der Waals surface area contributed by atoms with Gasteiger partial charge in [0.25, 0.3) is 0 Å². The Morgan fingerprint density at radius 3 is 1.89 bits per heavy atom. The van der Waals surface area contributed by atoms with E-state index in [0.29, 0.717) is 6.42 Å². The van der Waals surface area contributed by atoms with Crippen LogP contribution in [0, 0.1) is 10.8 Å². The molecule has 1 aliphatic heterocycles. The molecule has 7 atom stereocenters. The molecule has 0 aromatic carbocycles. The van der Waals surface area contributed by atoms with Gasteiger partial charge in [0.05, 0.1) is 24.7 Å². The van der Waals surface area contributed by atoms with E-state index in [2.05, 4.69) is 9.97 Å². The van der Waals surface area contributed by atoms with E-state index < -0.39 is 65.5 Å². The molecule has 0 radical (unpaired) electrons. The summed E-state index contributed by atoms with van der Waals surface area (Å²) in [4.78, 5) is 35.2. The second kappa shape index (κ2) is 22.7. The average molecular weight is 791 g/mol. The molecule has 13 heteroatoms. The van der Waals surface area contributed by atoms with Crippen LogP contribution >= 0.6 is 0 Å². The number of aromatic nitrogens is 2. The smallest absolute Gasteiger partial charge is 0.360 e. The first-order valence-electron chi connectivity index (χ1n) is 18.9. The Balaban J connectivity index is 1.96. The van der Waals surface area contributed by atoms with E-state index in [4.69, 9.17) is 27.8 Å². The number of rotatable bonds is 8. The fourth-order valence-electron chi connectivity index (χ4n) is 5.68. The van der Waals surface area contributed by atoms with Gasteiger partial charge in [-0.15, -0.1) is 0 Å². The van der Waals surface area contributed by atoms with Crippen LogP contribution in [0.15, 0.2) is 113 Å². The van der Waals surface area contributed by atoms with Crippen LogP contribution in [-0.2, 0) is 25.4 Å². The van der Waals surface area contributed by atoms with E-state index in [1.54, 1.807) is 108 Å². The normalized spacial score (nSPS) is 27.2. The molecule has 4 bridgehead atoms. The van der Waals surface area contributed by atoms with Crippen molar-refractivity contribution in [2.24, 2.45) is 10.8 Å². The van der Waals surface area contributed by atoms with Crippen molar-refractivity contribution in [3.63, 3.8) is 0 Å². The molecular weight excluding hydrogens is 732 g/mol. The van der Waals surface area contributed by atoms with Gasteiger partial charge < -0.3 is 43.1 Å². The maximum atomic E-state index is 13.4. The maximum Gasteiger partial charge on any atom is 0.360 e. The molecule has 2 aromatic heterocycles. The summed E-state index contributed by atoms with van der Waals surface area (Å²) >= 11 is 0. The number of aliphatic hydroxyl groups excluding tert-OH is 3. The molecule has 0 saturated carbocycles. The molecule has 2 aromatic rings. The van der Waals surface area contributed by atoms with Crippen LogP contribution in [0.25, 0.3) is 6.08 Å². The van der Waals surface area contributed by atoms with Gasteiger partial charge in [0.15, 0.2) is 17.3 Å². The van der Waals surface area contributed by atoms with Crippen molar-refractivity contribution in [2.75, 3.05) is 14.2 Å². The van der Waals surface area contributed by atoms with Gasteiger partial charge in [0, 0.05) is 44.0 Å². The number of methoxy groups -OCH3 is 2. The monoisotopic (exact) mass is 790 g/mol. The van der Waals surface area contributed by atoms with Crippen LogP contribution in [0.5, 0.6) is 0 Å². The summed E-state index contributed by atoms with van der Waals surface area (Å²) in [6.45, 7) is 10.8. The van der Waals surface area contributed by atoms with Gasteiger partial charge in [0.2, 0.25) is 5.89 Å². The third kappa shape index (κ3) is 13.9. The topological polar surface area (TPSA) is 184 Å². The van der Waals surface area contributed by atoms with E-state index in [-0.39, 0.29) is 36.0 Å². The quantitative estimate of drug-likeness (QED) is 0.186. The average Bonchev–Trinajstić information content (AvgIpc) is 3.86. The first-order chi connectivity index (χ1) is 27.2. The molecular formula is C44H58N2O11. The second-order valence-corrected chi connectivity index (χ2v) is 14.6. The number of ether oxygens (including phenoxy) is 4. The number of hydrogen-bond donors (Lipinski definition) is 3. The second-order valence-electron chi connectivity index (χ2n) is 14.6. The fourth-order valence-corrected chi connectivity index (χ4v) is 5.68. The summed E-state index contributed by atoms with van der Waals surface area (Å²) < 4.78 is 34.0. The largest absolute Gasteiger partial charge is 0.457 e. The Morgan fingerprint density at radius 1 is 0.737 bits per heavy atom. The highest BCUT2D eigenvalue weighted by molar-refractivity contribution is 5.87. The van der Waals surface area contributed by atoms with Crippen molar-refractivity contribution in [2.45, 2.75) is 104 Å². The van der Waals surface area contributed by atoms with E-state index in [1.165, 1.54) is 31.8 Å². The van der Waals surface area contributed by atoms with Crippen molar-refractivity contribution < 1.29 is 52.7 Å². The van der Waals surface area contributed by atoms with Crippen LogP contribution in [0.1, 0.15) is 87.1 Å². The van der Waals surface area contributed by atoms with Gasteiger partial charge in [-0.3, -0.25) is 0 Å². The summed E-state index contributed by atoms with van der Waals surface area (Å²) in [5, 5.41) is 32.7. The Labute approximate surface area is 335 Å². The lowest BCUT2D eigenvalue weighted by molar-refractivity contribution is -0.0462. The number of aliphatic hydroxyl groups is 3. The number of hydrogen-bond acceptors (Lipinski definition) is 13. The van der Waals surface area contributed by atoms with Gasteiger partial charge in [-0.2, -0.15) is 0 Å². The molecule has 7 unspecified atom stereocenters. The Morgan fingerprint density at radius 2 is 1.30 bits per heavy atom. The molecule has 13 nitrogen and oxygen atoms in total. The van der Waals surface area contributed by atoms with E-state index >= 15 is 0 Å². The van der Waals surface area contributed by atoms with Crippen LogP contribution < -0.4 is 0 Å². The first-order valence-corrected chi connectivity index (χ1v) is 18.9. The number of carbonyl (C=O) groups is 2. The number of fused-ring (bicyclic) bond motifs is 4. The first kappa shape index (κ1) is 46.5. The molecule has 57 heavy (non-hydrogen) atoms. The van der Waals surface area contributed by atoms with Crippen molar-refractivity contribution in [3.05, 3.63) is 127 Å². The number of cyclic esters (lactones) is 2. The minimum Gasteiger partial charge on any atom is -0.457 e. The Hall–Kier alpha value is -4.92.